The van der Waals surface area contributed by atoms with Crippen LogP contribution in [0.15, 0.2) is 0 Å². The van der Waals surface area contributed by atoms with Gasteiger partial charge < -0.3 is 20.4 Å². The number of likely N-dealkylation sites (tertiary alicyclic amines) is 3. The lowest BCUT2D eigenvalue weighted by Gasteiger charge is -2.48. The van der Waals surface area contributed by atoms with Crippen molar-refractivity contribution in [1.29, 1.82) is 0 Å². The molecule has 3 heterocycles. The topological polar surface area (TPSA) is 69.9 Å². The Morgan fingerprint density at radius 3 is 1.94 bits per heavy atom. The number of nitrogens with zero attached hydrogens (tertiary/aromatic N) is 3. The predicted octanol–water partition coefficient (Wildman–Crippen LogP) is 3.78. The molecule has 2 amide bonds. The minimum atomic E-state index is 0.113. The van der Waals surface area contributed by atoms with Gasteiger partial charge >= 0.3 is 0 Å². The van der Waals surface area contributed by atoms with Gasteiger partial charge in [0.05, 0.1) is 0 Å². The van der Waals surface area contributed by atoms with Crippen molar-refractivity contribution in [3.05, 3.63) is 0 Å². The van der Waals surface area contributed by atoms with Gasteiger partial charge in [-0.05, 0) is 64.7 Å². The number of hydrogen-bond donors (Lipinski definition) is 1. The maximum Gasteiger partial charge on any atom is 0.226 e. The molecule has 32 heavy (non-hydrogen) atoms. The van der Waals surface area contributed by atoms with Gasteiger partial charge in [-0.15, -0.1) is 8.58 Å². The van der Waals surface area contributed by atoms with Crippen LogP contribution in [0, 0.1) is 5.41 Å². The van der Waals surface area contributed by atoms with Crippen molar-refractivity contribution in [2.75, 3.05) is 58.1 Å². The zero-order valence-electron chi connectivity index (χ0n) is 21.6. The van der Waals surface area contributed by atoms with Crippen molar-refractivity contribution in [2.24, 2.45) is 11.1 Å². The third kappa shape index (κ3) is 8.91. The maximum atomic E-state index is 12.9. The number of amides is 2. The summed E-state index contributed by atoms with van der Waals surface area (Å²) < 4.78 is 0. The Bertz CT molecular complexity index is 538. The molecular formula is C25H51N4O2P. The van der Waals surface area contributed by atoms with Gasteiger partial charge in [-0.2, -0.15) is 0 Å². The van der Waals surface area contributed by atoms with Gasteiger partial charge in [0.15, 0.2) is 0 Å². The number of carbonyl (C=O) groups is 2. The van der Waals surface area contributed by atoms with Crippen molar-refractivity contribution in [3.8, 4) is 0 Å². The van der Waals surface area contributed by atoms with Gasteiger partial charge in [0.2, 0.25) is 11.8 Å². The van der Waals surface area contributed by atoms with Crippen molar-refractivity contribution in [2.45, 2.75) is 85.6 Å². The van der Waals surface area contributed by atoms with E-state index in [0.717, 1.165) is 66.6 Å². The van der Waals surface area contributed by atoms with Crippen molar-refractivity contribution >= 4 is 20.4 Å². The molecule has 2 N–H and O–H groups in total. The molecule has 3 aliphatic rings. The first kappa shape index (κ1) is 29.3. The van der Waals surface area contributed by atoms with E-state index < -0.39 is 0 Å². The maximum absolute atomic E-state index is 12.9. The summed E-state index contributed by atoms with van der Waals surface area (Å²) in [6.45, 7) is 16.6. The van der Waals surface area contributed by atoms with Crippen molar-refractivity contribution < 1.29 is 9.59 Å². The van der Waals surface area contributed by atoms with Crippen LogP contribution in [0.25, 0.3) is 0 Å². The Morgan fingerprint density at radius 1 is 0.875 bits per heavy atom. The molecule has 3 unspecified atom stereocenters. The Morgan fingerprint density at radius 2 is 1.41 bits per heavy atom. The fourth-order valence-corrected chi connectivity index (χ4v) is 6.53. The lowest BCUT2D eigenvalue weighted by molar-refractivity contribution is -0.138. The van der Waals surface area contributed by atoms with E-state index in [1.54, 1.807) is 0 Å². The summed E-state index contributed by atoms with van der Waals surface area (Å²) in [5.41, 5.74) is 5.69. The number of carbonyl (C=O) groups excluding carboxylic acids is 2. The summed E-state index contributed by atoms with van der Waals surface area (Å²) in [5.74, 6) is 0.513. The van der Waals surface area contributed by atoms with E-state index in [4.69, 9.17) is 5.73 Å². The summed E-state index contributed by atoms with van der Waals surface area (Å²) >= 11 is 0. The number of nitrogens with two attached hydrogens (primary N) is 1. The van der Waals surface area contributed by atoms with Crippen molar-refractivity contribution in [1.82, 2.24) is 14.7 Å². The molecular weight excluding hydrogens is 419 g/mol. The van der Waals surface area contributed by atoms with E-state index in [1.807, 2.05) is 32.6 Å². The molecule has 0 bridgehead atoms. The normalized spacial score (nSPS) is 24.7. The second-order valence-corrected chi connectivity index (χ2v) is 10.4. The Balaban J connectivity index is 0.00000121. The monoisotopic (exact) mass is 470 g/mol. The van der Waals surface area contributed by atoms with Gasteiger partial charge in [-0.25, -0.2) is 0 Å². The smallest absolute Gasteiger partial charge is 0.226 e. The van der Waals surface area contributed by atoms with E-state index in [-0.39, 0.29) is 11.3 Å². The molecule has 0 saturated carbocycles. The molecule has 0 aromatic rings. The summed E-state index contributed by atoms with van der Waals surface area (Å²) in [7, 11) is 0.721. The minimum Gasteiger partial charge on any atom is -0.342 e. The van der Waals surface area contributed by atoms with E-state index in [9.17, 15) is 9.59 Å². The molecule has 7 heteroatoms. The molecule has 3 rings (SSSR count). The van der Waals surface area contributed by atoms with Crippen LogP contribution < -0.4 is 5.73 Å². The molecule has 0 radical (unpaired) electrons. The van der Waals surface area contributed by atoms with Gasteiger partial charge in [-0.3, -0.25) is 9.59 Å². The Kier molecular flexibility index (Phi) is 14.7. The largest absolute Gasteiger partial charge is 0.342 e. The van der Waals surface area contributed by atoms with Crippen LogP contribution >= 0.6 is 8.58 Å². The average molecular weight is 471 g/mol. The van der Waals surface area contributed by atoms with Gasteiger partial charge in [0.1, 0.15) is 0 Å². The zero-order valence-corrected chi connectivity index (χ0v) is 22.6. The molecule has 3 saturated heterocycles. The highest BCUT2D eigenvalue weighted by molar-refractivity contribution is 7.39. The molecule has 3 fully saturated rings. The first-order valence-corrected chi connectivity index (χ1v) is 14.6. The number of piperidine rings is 2. The lowest BCUT2D eigenvalue weighted by Crippen LogP contribution is -2.55. The minimum absolute atomic E-state index is 0.113. The van der Waals surface area contributed by atoms with Gasteiger partial charge in [0, 0.05) is 56.8 Å². The molecule has 3 atom stereocenters. The standard InChI is InChI=1S/C21H39N4O2P.2C2H6/c1-18(23-10-2-3-11-23)14-28-15-20(27)25-13-5-8-21(17-25)7-4-12-24(16-21)19(26)6-9-22;2*1-2/h18,28H,2-17,22H2,1H3;2*1-2H3. The highest BCUT2D eigenvalue weighted by Gasteiger charge is 2.41. The molecule has 6 nitrogen and oxygen atoms in total. The highest BCUT2D eigenvalue weighted by Crippen LogP contribution is 2.39. The summed E-state index contributed by atoms with van der Waals surface area (Å²) in [5, 5.41) is 0. The third-order valence-electron chi connectivity index (χ3n) is 6.87. The van der Waals surface area contributed by atoms with Crippen LogP contribution in [-0.4, -0.2) is 90.7 Å². The van der Waals surface area contributed by atoms with Gasteiger partial charge in [0.25, 0.3) is 0 Å². The fourth-order valence-electron chi connectivity index (χ4n) is 5.27. The molecule has 188 valence electrons. The molecule has 0 aromatic heterocycles. The van der Waals surface area contributed by atoms with E-state index in [1.165, 1.54) is 25.9 Å². The average Bonchev–Trinajstić information content (AvgIpc) is 3.37. The predicted molar refractivity (Wildman–Crippen MR) is 139 cm³/mol. The Labute approximate surface area is 199 Å². The summed E-state index contributed by atoms with van der Waals surface area (Å²) in [6, 6.07) is 0.613. The van der Waals surface area contributed by atoms with Crippen LogP contribution in [0.1, 0.15) is 79.6 Å². The molecule has 1 spiro atoms. The third-order valence-corrected chi connectivity index (χ3v) is 8.30. The van der Waals surface area contributed by atoms with Crippen LogP contribution in [0.3, 0.4) is 0 Å². The summed E-state index contributed by atoms with van der Waals surface area (Å²) in [4.78, 5) is 31.9. The number of rotatable bonds is 7. The molecule has 0 aliphatic carbocycles. The van der Waals surface area contributed by atoms with Gasteiger partial charge in [-0.1, -0.05) is 27.7 Å². The fraction of sp³-hybridized carbons (Fsp3) is 0.920. The lowest BCUT2D eigenvalue weighted by atomic mass is 9.73. The molecule has 0 aromatic carbocycles. The SMILES string of the molecule is CC.CC.CC(CPCC(=O)N1CCCC2(CCCN(C(=O)CCN)C2)C1)N1CCCC1. The second kappa shape index (κ2) is 16.0. The first-order chi connectivity index (χ1) is 15.5. The van der Waals surface area contributed by atoms with Crippen LogP contribution in [0.4, 0.5) is 0 Å². The van der Waals surface area contributed by atoms with E-state index in [0.29, 0.717) is 31.1 Å². The van der Waals surface area contributed by atoms with Crippen molar-refractivity contribution in [3.63, 3.8) is 0 Å². The second-order valence-electron chi connectivity index (χ2n) is 9.10. The first-order valence-electron chi connectivity index (χ1n) is 13.2. The van der Waals surface area contributed by atoms with Crippen LogP contribution in [0.5, 0.6) is 0 Å². The van der Waals surface area contributed by atoms with E-state index >= 15 is 0 Å². The zero-order chi connectivity index (χ0) is 24.0. The highest BCUT2D eigenvalue weighted by atomic mass is 31.1. The summed E-state index contributed by atoms with van der Waals surface area (Å²) in [6.07, 6.45) is 9.33. The quantitative estimate of drug-likeness (QED) is 0.575. The number of hydrogen-bond acceptors (Lipinski definition) is 4. The van der Waals surface area contributed by atoms with Crippen LogP contribution in [-0.2, 0) is 9.59 Å². The van der Waals surface area contributed by atoms with Crippen LogP contribution in [0.2, 0.25) is 0 Å². The Hall–Kier alpha value is -0.710. The van der Waals surface area contributed by atoms with E-state index in [2.05, 4.69) is 16.7 Å². The molecule has 3 aliphatic heterocycles.